The van der Waals surface area contributed by atoms with Gasteiger partial charge in [0.15, 0.2) is 10.3 Å². The van der Waals surface area contributed by atoms with Crippen LogP contribution in [0.4, 0.5) is 20.7 Å². The Morgan fingerprint density at radius 1 is 0.833 bits per heavy atom. The van der Waals surface area contributed by atoms with E-state index in [1.807, 2.05) is 50.2 Å². The number of thiazole rings is 2. The molecule has 0 bridgehead atoms. The zero-order chi connectivity index (χ0) is 21.3. The van der Waals surface area contributed by atoms with E-state index in [-0.39, 0.29) is 5.91 Å². The van der Waals surface area contributed by atoms with Crippen LogP contribution in [-0.2, 0) is 0 Å². The van der Waals surface area contributed by atoms with Gasteiger partial charge >= 0.3 is 6.03 Å². The van der Waals surface area contributed by atoms with E-state index >= 15 is 0 Å². The van der Waals surface area contributed by atoms with Crippen LogP contribution in [0.5, 0.6) is 0 Å². The molecule has 7 nitrogen and oxygen atoms in total. The van der Waals surface area contributed by atoms with Gasteiger partial charge in [-0.1, -0.05) is 40.9 Å². The number of rotatable bonds is 4. The van der Waals surface area contributed by atoms with Crippen molar-refractivity contribution < 1.29 is 9.59 Å². The molecule has 2 heterocycles. The number of aromatic nitrogens is 2. The summed E-state index contributed by atoms with van der Waals surface area (Å²) in [4.78, 5) is 34.1. The van der Waals surface area contributed by atoms with Crippen LogP contribution >= 0.6 is 22.7 Å². The summed E-state index contributed by atoms with van der Waals surface area (Å²) in [6, 6.07) is 13.0. The number of hydrogen-bond donors (Lipinski definition) is 3. The molecule has 4 rings (SSSR count). The predicted molar refractivity (Wildman–Crippen MR) is 123 cm³/mol. The third-order valence-corrected chi connectivity index (χ3v) is 6.27. The first-order valence-corrected chi connectivity index (χ1v) is 10.8. The number of aryl methyl sites for hydroxylation is 3. The minimum absolute atomic E-state index is 0.298. The molecule has 2 aromatic heterocycles. The molecule has 0 saturated carbocycles. The van der Waals surface area contributed by atoms with E-state index in [1.165, 1.54) is 11.3 Å². The second kappa shape index (κ2) is 8.21. The van der Waals surface area contributed by atoms with Gasteiger partial charge in [0.2, 0.25) is 0 Å². The van der Waals surface area contributed by atoms with Crippen molar-refractivity contribution in [2.24, 2.45) is 0 Å². The van der Waals surface area contributed by atoms with Gasteiger partial charge in [-0.3, -0.25) is 15.4 Å². The lowest BCUT2D eigenvalue weighted by Crippen LogP contribution is -2.19. The van der Waals surface area contributed by atoms with Crippen molar-refractivity contribution in [2.75, 3.05) is 16.0 Å². The molecule has 2 aromatic carbocycles. The van der Waals surface area contributed by atoms with Crippen LogP contribution in [-0.4, -0.2) is 21.9 Å². The molecule has 0 radical (unpaired) electrons. The highest BCUT2D eigenvalue weighted by Crippen LogP contribution is 2.29. The number of amides is 3. The van der Waals surface area contributed by atoms with E-state index in [4.69, 9.17) is 0 Å². The van der Waals surface area contributed by atoms with Crippen molar-refractivity contribution in [3.05, 3.63) is 64.2 Å². The fourth-order valence-electron chi connectivity index (χ4n) is 2.88. The molecule has 0 atom stereocenters. The van der Waals surface area contributed by atoms with Crippen LogP contribution in [0.1, 0.15) is 26.5 Å². The van der Waals surface area contributed by atoms with E-state index < -0.39 is 6.03 Å². The van der Waals surface area contributed by atoms with E-state index in [9.17, 15) is 9.59 Å². The molecule has 0 aliphatic carbocycles. The molecule has 9 heteroatoms. The smallest absolute Gasteiger partial charge is 0.308 e. The highest BCUT2D eigenvalue weighted by molar-refractivity contribution is 7.22. The average Bonchev–Trinajstić information content (AvgIpc) is 3.23. The van der Waals surface area contributed by atoms with E-state index in [2.05, 4.69) is 25.9 Å². The lowest BCUT2D eigenvalue weighted by Gasteiger charge is -2.05. The van der Waals surface area contributed by atoms with Gasteiger partial charge in [-0.25, -0.2) is 14.8 Å². The van der Waals surface area contributed by atoms with Crippen LogP contribution in [0, 0.1) is 20.8 Å². The number of fused-ring (bicyclic) bond motifs is 1. The first-order chi connectivity index (χ1) is 14.4. The Hall–Kier alpha value is -3.30. The number of carbonyl (C=O) groups excluding carboxylic acids is 2. The van der Waals surface area contributed by atoms with Crippen LogP contribution < -0.4 is 16.0 Å². The van der Waals surface area contributed by atoms with Crippen molar-refractivity contribution in [1.29, 1.82) is 0 Å². The summed E-state index contributed by atoms with van der Waals surface area (Å²) in [5.41, 5.74) is 4.26. The topological polar surface area (TPSA) is 96.0 Å². The summed E-state index contributed by atoms with van der Waals surface area (Å²) in [6.45, 7) is 5.70. The van der Waals surface area contributed by atoms with Gasteiger partial charge in [0.1, 0.15) is 4.88 Å². The number of nitrogens with one attached hydrogen (secondary N) is 3. The minimum atomic E-state index is -0.414. The van der Waals surface area contributed by atoms with E-state index in [0.29, 0.717) is 26.5 Å². The van der Waals surface area contributed by atoms with E-state index in [0.717, 1.165) is 32.7 Å². The Morgan fingerprint density at radius 2 is 1.60 bits per heavy atom. The second-order valence-corrected chi connectivity index (χ2v) is 8.86. The Bertz CT molecular complexity index is 1260. The van der Waals surface area contributed by atoms with Gasteiger partial charge in [-0.2, -0.15) is 0 Å². The Kier molecular flexibility index (Phi) is 5.47. The van der Waals surface area contributed by atoms with Crippen LogP contribution in [0.2, 0.25) is 0 Å². The second-order valence-electron chi connectivity index (χ2n) is 6.83. The summed E-state index contributed by atoms with van der Waals surface area (Å²) in [6.07, 6.45) is 0. The van der Waals surface area contributed by atoms with Gasteiger partial charge in [0.25, 0.3) is 5.91 Å². The molecular weight excluding hydrogens is 418 g/mol. The van der Waals surface area contributed by atoms with Gasteiger partial charge in [0.05, 0.1) is 15.9 Å². The summed E-state index contributed by atoms with van der Waals surface area (Å²) >= 11 is 2.54. The maximum Gasteiger partial charge on any atom is 0.325 e. The summed E-state index contributed by atoms with van der Waals surface area (Å²) in [5.74, 6) is -0.298. The number of benzene rings is 2. The van der Waals surface area contributed by atoms with Gasteiger partial charge < -0.3 is 5.32 Å². The van der Waals surface area contributed by atoms with Crippen molar-refractivity contribution in [2.45, 2.75) is 20.8 Å². The fraction of sp³-hybridized carbons (Fsp3) is 0.143. The first-order valence-electron chi connectivity index (χ1n) is 9.18. The fourth-order valence-corrected chi connectivity index (χ4v) is 4.70. The summed E-state index contributed by atoms with van der Waals surface area (Å²) in [7, 11) is 0. The molecule has 0 aliphatic heterocycles. The summed E-state index contributed by atoms with van der Waals surface area (Å²) < 4.78 is 1.02. The molecule has 152 valence electrons. The number of carbonyl (C=O) groups is 2. The third-order valence-electron chi connectivity index (χ3n) is 4.26. The minimum Gasteiger partial charge on any atom is -0.308 e. The van der Waals surface area contributed by atoms with Crippen molar-refractivity contribution >= 4 is 60.8 Å². The molecule has 3 N–H and O–H groups in total. The standard InChI is InChI=1S/C21H19N5O2S2/c1-11-5-4-6-14(9-11)23-19(28)26-20-22-13(3)17(30-20)18(27)25-21-24-15-8-7-12(2)10-16(15)29-21/h4-10H,1-3H3,(H,24,25,27)(H2,22,23,26,28). The Morgan fingerprint density at radius 3 is 2.40 bits per heavy atom. The number of urea groups is 1. The van der Waals surface area contributed by atoms with Crippen molar-refractivity contribution in [1.82, 2.24) is 9.97 Å². The lowest BCUT2D eigenvalue weighted by molar-refractivity contribution is 0.103. The molecule has 0 saturated heterocycles. The lowest BCUT2D eigenvalue weighted by atomic mass is 10.2. The Labute approximate surface area is 181 Å². The van der Waals surface area contributed by atoms with Gasteiger partial charge in [0, 0.05) is 5.69 Å². The molecule has 0 unspecified atom stereocenters. The molecular formula is C21H19N5O2S2. The molecule has 0 fully saturated rings. The van der Waals surface area contributed by atoms with Gasteiger partial charge in [-0.15, -0.1) is 0 Å². The maximum absolute atomic E-state index is 12.7. The quantitative estimate of drug-likeness (QED) is 0.389. The summed E-state index contributed by atoms with van der Waals surface area (Å²) in [5, 5.41) is 9.15. The van der Waals surface area contributed by atoms with Crippen molar-refractivity contribution in [3.8, 4) is 0 Å². The van der Waals surface area contributed by atoms with Crippen LogP contribution in [0.25, 0.3) is 10.2 Å². The Balaban J connectivity index is 1.44. The third kappa shape index (κ3) is 4.47. The van der Waals surface area contributed by atoms with Crippen molar-refractivity contribution in [3.63, 3.8) is 0 Å². The first kappa shape index (κ1) is 20.0. The highest BCUT2D eigenvalue weighted by atomic mass is 32.1. The van der Waals surface area contributed by atoms with E-state index in [1.54, 1.807) is 13.0 Å². The SMILES string of the molecule is Cc1cccc(NC(=O)Nc2nc(C)c(C(=O)Nc3nc4ccc(C)cc4s3)s2)c1. The van der Waals surface area contributed by atoms with Gasteiger partial charge in [-0.05, 0) is 56.2 Å². The molecule has 3 amide bonds. The largest absolute Gasteiger partial charge is 0.325 e. The zero-order valence-corrected chi connectivity index (χ0v) is 18.2. The monoisotopic (exact) mass is 437 g/mol. The number of anilines is 3. The molecule has 4 aromatic rings. The highest BCUT2D eigenvalue weighted by Gasteiger charge is 2.18. The number of hydrogen-bond acceptors (Lipinski definition) is 6. The maximum atomic E-state index is 12.7. The molecule has 0 spiro atoms. The van der Waals surface area contributed by atoms with Crippen LogP contribution in [0.3, 0.4) is 0 Å². The molecule has 30 heavy (non-hydrogen) atoms. The normalized spacial score (nSPS) is 10.8. The predicted octanol–water partition coefficient (Wildman–Crippen LogP) is 5.57. The molecule has 0 aliphatic rings. The zero-order valence-electron chi connectivity index (χ0n) is 16.6. The average molecular weight is 438 g/mol. The number of nitrogens with zero attached hydrogens (tertiary/aromatic N) is 2. The van der Waals surface area contributed by atoms with Crippen LogP contribution in [0.15, 0.2) is 42.5 Å².